The molecule has 3 aromatic rings. The maximum atomic E-state index is 12.0. The summed E-state index contributed by atoms with van der Waals surface area (Å²) >= 11 is 3.02. The Morgan fingerprint density at radius 2 is 1.92 bits per heavy atom. The molecule has 1 heterocycles. The van der Waals surface area contributed by atoms with Crippen LogP contribution < -0.4 is 5.32 Å². The summed E-state index contributed by atoms with van der Waals surface area (Å²) in [5, 5.41) is 2.87. The highest BCUT2D eigenvalue weighted by molar-refractivity contribution is 8.01. The Kier molecular flexibility index (Phi) is 5.67. The Hall–Kier alpha value is -2.38. The average Bonchev–Trinajstić information content (AvgIpc) is 3.07. The second kappa shape index (κ2) is 8.13. The van der Waals surface area contributed by atoms with Crippen molar-refractivity contribution >= 4 is 45.2 Å². The number of carbonyl (C=O) groups is 2. The van der Waals surface area contributed by atoms with E-state index in [2.05, 4.69) is 15.0 Å². The van der Waals surface area contributed by atoms with Crippen LogP contribution in [0.4, 0.5) is 0 Å². The molecule has 0 atom stereocenters. The van der Waals surface area contributed by atoms with Crippen molar-refractivity contribution in [2.75, 3.05) is 12.9 Å². The molecule has 0 aliphatic rings. The van der Waals surface area contributed by atoms with Crippen LogP contribution >= 0.6 is 23.1 Å². The number of hydrogen-bond acceptors (Lipinski definition) is 6. The van der Waals surface area contributed by atoms with Crippen LogP contribution in [0, 0.1) is 0 Å². The van der Waals surface area contributed by atoms with Gasteiger partial charge in [-0.1, -0.05) is 36.0 Å². The van der Waals surface area contributed by atoms with Crippen molar-refractivity contribution < 1.29 is 14.3 Å². The molecule has 2 aromatic carbocycles. The fourth-order valence-corrected chi connectivity index (χ4v) is 4.07. The van der Waals surface area contributed by atoms with Gasteiger partial charge in [0.15, 0.2) is 4.34 Å². The Morgan fingerprint density at radius 1 is 1.16 bits per heavy atom. The zero-order valence-electron chi connectivity index (χ0n) is 13.5. The second-order valence-electron chi connectivity index (χ2n) is 5.20. The number of thioether (sulfide) groups is 1. The van der Waals surface area contributed by atoms with Gasteiger partial charge in [0, 0.05) is 6.54 Å². The fraction of sp³-hybridized carbons (Fsp3) is 0.167. The standard InChI is InChI=1S/C18H16N2O3S2/c1-23-17(22)13-8-6-12(7-9-13)10-19-16(21)11-24-18-20-14-4-2-3-5-15(14)25-18/h2-9H,10-11H2,1H3,(H,19,21). The van der Waals surface area contributed by atoms with Gasteiger partial charge in [-0.3, -0.25) is 4.79 Å². The molecule has 0 aliphatic heterocycles. The number of ether oxygens (including phenoxy) is 1. The van der Waals surface area contributed by atoms with E-state index in [0.717, 1.165) is 20.1 Å². The van der Waals surface area contributed by atoms with E-state index in [1.165, 1.54) is 18.9 Å². The summed E-state index contributed by atoms with van der Waals surface area (Å²) in [4.78, 5) is 27.9. The number of nitrogens with one attached hydrogen (secondary N) is 1. The number of para-hydroxylation sites is 1. The quantitative estimate of drug-likeness (QED) is 0.530. The zero-order valence-corrected chi connectivity index (χ0v) is 15.2. The summed E-state index contributed by atoms with van der Waals surface area (Å²) in [6.07, 6.45) is 0. The van der Waals surface area contributed by atoms with Gasteiger partial charge >= 0.3 is 5.97 Å². The number of esters is 1. The largest absolute Gasteiger partial charge is 0.465 e. The molecule has 0 fully saturated rings. The van der Waals surface area contributed by atoms with Gasteiger partial charge < -0.3 is 10.1 Å². The minimum Gasteiger partial charge on any atom is -0.465 e. The smallest absolute Gasteiger partial charge is 0.337 e. The maximum absolute atomic E-state index is 12.0. The van der Waals surface area contributed by atoms with E-state index in [1.807, 2.05) is 24.3 Å². The van der Waals surface area contributed by atoms with Crippen molar-refractivity contribution in [2.45, 2.75) is 10.9 Å². The number of rotatable bonds is 6. The SMILES string of the molecule is COC(=O)c1ccc(CNC(=O)CSc2nc3ccccc3s2)cc1. The molecule has 0 saturated heterocycles. The van der Waals surface area contributed by atoms with E-state index in [4.69, 9.17) is 0 Å². The van der Waals surface area contributed by atoms with Crippen LogP contribution in [-0.2, 0) is 16.1 Å². The predicted octanol–water partition coefficient (Wildman–Crippen LogP) is 3.49. The average molecular weight is 372 g/mol. The summed E-state index contributed by atoms with van der Waals surface area (Å²) in [6, 6.07) is 14.9. The molecule has 1 aromatic heterocycles. The van der Waals surface area contributed by atoms with E-state index in [-0.39, 0.29) is 11.9 Å². The normalized spacial score (nSPS) is 10.6. The highest BCUT2D eigenvalue weighted by atomic mass is 32.2. The topological polar surface area (TPSA) is 68.3 Å². The van der Waals surface area contributed by atoms with E-state index in [1.54, 1.807) is 35.6 Å². The van der Waals surface area contributed by atoms with Gasteiger partial charge in [0.05, 0.1) is 28.6 Å². The van der Waals surface area contributed by atoms with Crippen molar-refractivity contribution in [3.05, 3.63) is 59.7 Å². The highest BCUT2D eigenvalue weighted by Crippen LogP contribution is 2.29. The third kappa shape index (κ3) is 4.58. The van der Waals surface area contributed by atoms with Crippen molar-refractivity contribution in [1.82, 2.24) is 10.3 Å². The Balaban J connectivity index is 1.48. The summed E-state index contributed by atoms with van der Waals surface area (Å²) in [5.74, 6) is -0.107. The first-order chi connectivity index (χ1) is 12.2. The number of thiazole rings is 1. The molecule has 25 heavy (non-hydrogen) atoms. The summed E-state index contributed by atoms with van der Waals surface area (Å²) in [5.41, 5.74) is 2.37. The lowest BCUT2D eigenvalue weighted by Gasteiger charge is -2.05. The Labute approximate surface area is 153 Å². The summed E-state index contributed by atoms with van der Waals surface area (Å²) < 4.78 is 6.66. The second-order valence-corrected chi connectivity index (χ2v) is 7.45. The van der Waals surface area contributed by atoms with Crippen LogP contribution in [0.2, 0.25) is 0 Å². The molecule has 0 radical (unpaired) electrons. The van der Waals surface area contributed by atoms with Gasteiger partial charge in [-0.05, 0) is 29.8 Å². The Bertz CT molecular complexity index is 858. The fourth-order valence-electron chi connectivity index (χ4n) is 2.17. The first-order valence-corrected chi connectivity index (χ1v) is 9.38. The molecule has 1 N–H and O–H groups in total. The van der Waals surface area contributed by atoms with Crippen LogP contribution in [0.15, 0.2) is 52.9 Å². The number of amides is 1. The predicted molar refractivity (Wildman–Crippen MR) is 100.0 cm³/mol. The maximum Gasteiger partial charge on any atom is 0.337 e. The molecule has 5 nitrogen and oxygen atoms in total. The molecule has 0 aliphatic carbocycles. The van der Waals surface area contributed by atoms with Crippen molar-refractivity contribution in [1.29, 1.82) is 0 Å². The molecule has 0 unspecified atom stereocenters. The van der Waals surface area contributed by atoms with Gasteiger partial charge in [0.2, 0.25) is 5.91 Å². The van der Waals surface area contributed by atoms with Crippen LogP contribution in [0.3, 0.4) is 0 Å². The number of aromatic nitrogens is 1. The number of benzene rings is 2. The Morgan fingerprint density at radius 3 is 2.64 bits per heavy atom. The van der Waals surface area contributed by atoms with E-state index < -0.39 is 0 Å². The van der Waals surface area contributed by atoms with E-state index in [0.29, 0.717) is 17.9 Å². The third-order valence-corrected chi connectivity index (χ3v) is 5.65. The van der Waals surface area contributed by atoms with Crippen molar-refractivity contribution in [2.24, 2.45) is 0 Å². The molecule has 128 valence electrons. The summed E-state index contributed by atoms with van der Waals surface area (Å²) in [7, 11) is 1.35. The van der Waals surface area contributed by atoms with Crippen LogP contribution in [0.5, 0.6) is 0 Å². The number of hydrogen-bond donors (Lipinski definition) is 1. The molecule has 1 amide bonds. The van der Waals surface area contributed by atoms with Gasteiger partial charge in [0.25, 0.3) is 0 Å². The lowest BCUT2D eigenvalue weighted by atomic mass is 10.1. The lowest BCUT2D eigenvalue weighted by molar-refractivity contribution is -0.118. The minimum atomic E-state index is -0.372. The minimum absolute atomic E-state index is 0.0544. The molecule has 0 spiro atoms. The molecule has 0 saturated carbocycles. The first kappa shape index (κ1) is 17.4. The molecule has 0 bridgehead atoms. The van der Waals surface area contributed by atoms with E-state index >= 15 is 0 Å². The van der Waals surface area contributed by atoms with Crippen molar-refractivity contribution in [3.63, 3.8) is 0 Å². The third-order valence-electron chi connectivity index (χ3n) is 3.47. The van der Waals surface area contributed by atoms with E-state index in [9.17, 15) is 9.59 Å². The monoisotopic (exact) mass is 372 g/mol. The lowest BCUT2D eigenvalue weighted by Crippen LogP contribution is -2.24. The van der Waals surface area contributed by atoms with Gasteiger partial charge in [-0.2, -0.15) is 0 Å². The van der Waals surface area contributed by atoms with Gasteiger partial charge in [-0.15, -0.1) is 11.3 Å². The van der Waals surface area contributed by atoms with Gasteiger partial charge in [-0.25, -0.2) is 9.78 Å². The van der Waals surface area contributed by atoms with Crippen LogP contribution in [-0.4, -0.2) is 29.7 Å². The van der Waals surface area contributed by atoms with Gasteiger partial charge in [0.1, 0.15) is 0 Å². The molecule has 3 rings (SSSR count). The number of nitrogens with zero attached hydrogens (tertiary/aromatic N) is 1. The molecule has 7 heteroatoms. The number of carbonyl (C=O) groups excluding carboxylic acids is 2. The van der Waals surface area contributed by atoms with Crippen LogP contribution in [0.25, 0.3) is 10.2 Å². The molecular weight excluding hydrogens is 356 g/mol. The zero-order chi connectivity index (χ0) is 17.6. The number of methoxy groups -OCH3 is 1. The van der Waals surface area contributed by atoms with Crippen molar-refractivity contribution in [3.8, 4) is 0 Å². The summed E-state index contributed by atoms with van der Waals surface area (Å²) in [6.45, 7) is 0.417. The molecular formula is C18H16N2O3S2. The first-order valence-electron chi connectivity index (χ1n) is 7.58. The van der Waals surface area contributed by atoms with Crippen LogP contribution in [0.1, 0.15) is 15.9 Å². The highest BCUT2D eigenvalue weighted by Gasteiger charge is 2.08. The number of fused-ring (bicyclic) bond motifs is 1.